The number of nitrogens with one attached hydrogen (secondary N) is 1. The highest BCUT2D eigenvalue weighted by atomic mass is 16.5. The SMILES string of the molecule is COc1cc(C(C)NC(=O)CCC(=O)N(CCC#N)c2ccccc2)ccc1OC1CCCC1. The number of carbonyl (C=O) groups is 2. The summed E-state index contributed by atoms with van der Waals surface area (Å²) >= 11 is 0. The lowest BCUT2D eigenvalue weighted by Crippen LogP contribution is -2.33. The van der Waals surface area contributed by atoms with Crippen LogP contribution >= 0.6 is 0 Å². The molecular weight excluding hydrogens is 430 g/mol. The van der Waals surface area contributed by atoms with Crippen molar-refractivity contribution in [2.24, 2.45) is 0 Å². The Morgan fingerprint density at radius 3 is 2.53 bits per heavy atom. The van der Waals surface area contributed by atoms with Crippen LogP contribution in [0.3, 0.4) is 0 Å². The lowest BCUT2D eigenvalue weighted by Gasteiger charge is -2.22. The van der Waals surface area contributed by atoms with Gasteiger partial charge < -0.3 is 19.7 Å². The number of nitriles is 1. The Bertz CT molecular complexity index is 997. The molecule has 1 atom stereocenters. The maximum atomic E-state index is 12.8. The van der Waals surface area contributed by atoms with Crippen LogP contribution in [0.5, 0.6) is 11.5 Å². The topological polar surface area (TPSA) is 91.7 Å². The van der Waals surface area contributed by atoms with E-state index in [1.807, 2.05) is 55.5 Å². The second-order valence-electron chi connectivity index (χ2n) is 8.51. The fraction of sp³-hybridized carbons (Fsp3) is 0.444. The zero-order valence-electron chi connectivity index (χ0n) is 20.0. The van der Waals surface area contributed by atoms with E-state index in [2.05, 4.69) is 11.4 Å². The molecule has 0 bridgehead atoms. The van der Waals surface area contributed by atoms with Gasteiger partial charge in [-0.1, -0.05) is 24.3 Å². The maximum Gasteiger partial charge on any atom is 0.227 e. The molecule has 0 aromatic heterocycles. The summed E-state index contributed by atoms with van der Waals surface area (Å²) in [7, 11) is 1.61. The molecular formula is C27H33N3O4. The van der Waals surface area contributed by atoms with Crippen LogP contribution in [-0.2, 0) is 9.59 Å². The minimum Gasteiger partial charge on any atom is -0.493 e. The van der Waals surface area contributed by atoms with Crippen LogP contribution in [0.15, 0.2) is 48.5 Å². The van der Waals surface area contributed by atoms with E-state index < -0.39 is 0 Å². The average Bonchev–Trinajstić information content (AvgIpc) is 3.37. The third kappa shape index (κ3) is 6.98. The molecule has 1 aliphatic rings. The van der Waals surface area contributed by atoms with Crippen LogP contribution in [0, 0.1) is 11.3 Å². The predicted octanol–water partition coefficient (Wildman–Crippen LogP) is 4.92. The molecule has 34 heavy (non-hydrogen) atoms. The molecule has 2 amide bonds. The number of hydrogen-bond acceptors (Lipinski definition) is 5. The fourth-order valence-corrected chi connectivity index (χ4v) is 4.16. The molecule has 1 saturated carbocycles. The first kappa shape index (κ1) is 25.1. The number of anilines is 1. The van der Waals surface area contributed by atoms with Gasteiger partial charge in [0, 0.05) is 25.1 Å². The molecule has 1 N–H and O–H groups in total. The van der Waals surface area contributed by atoms with E-state index in [0.717, 1.165) is 29.8 Å². The summed E-state index contributed by atoms with van der Waals surface area (Å²) in [5.74, 6) is 0.982. The Morgan fingerprint density at radius 1 is 1.12 bits per heavy atom. The zero-order chi connectivity index (χ0) is 24.3. The Morgan fingerprint density at radius 2 is 1.85 bits per heavy atom. The standard InChI is InChI=1S/C27H33N3O4/c1-20(21-13-14-24(25(19-21)33-2)34-23-11-6-7-12-23)29-26(31)15-16-27(32)30(18-8-17-28)22-9-4-3-5-10-22/h3-5,9-10,13-14,19-20,23H,6-8,11-12,15-16,18H2,1-2H3,(H,29,31). The number of para-hydroxylation sites is 1. The first-order valence-corrected chi connectivity index (χ1v) is 11.9. The Hall–Kier alpha value is -3.53. The molecule has 0 aliphatic heterocycles. The number of nitrogens with zero attached hydrogens (tertiary/aromatic N) is 2. The summed E-state index contributed by atoms with van der Waals surface area (Å²) < 4.78 is 11.6. The van der Waals surface area contributed by atoms with E-state index in [-0.39, 0.29) is 43.2 Å². The minimum atomic E-state index is -0.249. The van der Waals surface area contributed by atoms with Crippen LogP contribution in [0.2, 0.25) is 0 Å². The number of hydrogen-bond donors (Lipinski definition) is 1. The Balaban J connectivity index is 1.55. The van der Waals surface area contributed by atoms with Crippen molar-refractivity contribution in [1.29, 1.82) is 5.26 Å². The molecule has 1 fully saturated rings. The van der Waals surface area contributed by atoms with E-state index in [4.69, 9.17) is 14.7 Å². The number of methoxy groups -OCH3 is 1. The lowest BCUT2D eigenvalue weighted by atomic mass is 10.1. The smallest absolute Gasteiger partial charge is 0.227 e. The van der Waals surface area contributed by atoms with Gasteiger partial charge in [0.2, 0.25) is 11.8 Å². The van der Waals surface area contributed by atoms with E-state index in [1.165, 1.54) is 12.8 Å². The van der Waals surface area contributed by atoms with Gasteiger partial charge in [-0.15, -0.1) is 0 Å². The predicted molar refractivity (Wildman–Crippen MR) is 131 cm³/mol. The molecule has 3 rings (SSSR count). The van der Waals surface area contributed by atoms with Crippen molar-refractivity contribution in [1.82, 2.24) is 5.32 Å². The van der Waals surface area contributed by atoms with E-state index >= 15 is 0 Å². The van der Waals surface area contributed by atoms with Crippen LogP contribution in [-0.4, -0.2) is 31.6 Å². The minimum absolute atomic E-state index is 0.0658. The molecule has 0 spiro atoms. The van der Waals surface area contributed by atoms with Crippen LogP contribution in [0.25, 0.3) is 0 Å². The first-order chi connectivity index (χ1) is 16.5. The summed E-state index contributed by atoms with van der Waals surface area (Å²) in [6.07, 6.45) is 5.11. The van der Waals surface area contributed by atoms with Crippen molar-refractivity contribution >= 4 is 17.5 Å². The van der Waals surface area contributed by atoms with Gasteiger partial charge in [-0.25, -0.2) is 0 Å². The van der Waals surface area contributed by atoms with E-state index in [9.17, 15) is 9.59 Å². The lowest BCUT2D eigenvalue weighted by molar-refractivity contribution is -0.125. The molecule has 0 radical (unpaired) electrons. The molecule has 1 unspecified atom stereocenters. The summed E-state index contributed by atoms with van der Waals surface area (Å²) in [5.41, 5.74) is 1.62. The van der Waals surface area contributed by atoms with Crippen LogP contribution in [0.4, 0.5) is 5.69 Å². The second-order valence-corrected chi connectivity index (χ2v) is 8.51. The quantitative estimate of drug-likeness (QED) is 0.511. The van der Waals surface area contributed by atoms with Crippen molar-refractivity contribution in [3.8, 4) is 17.6 Å². The number of carbonyl (C=O) groups excluding carboxylic acids is 2. The maximum absolute atomic E-state index is 12.8. The molecule has 0 heterocycles. The second kappa shape index (κ2) is 12.6. The Kier molecular flexibility index (Phi) is 9.33. The monoisotopic (exact) mass is 463 g/mol. The van der Waals surface area contributed by atoms with E-state index in [0.29, 0.717) is 12.3 Å². The molecule has 180 valence electrons. The van der Waals surface area contributed by atoms with Crippen molar-refractivity contribution in [2.75, 3.05) is 18.6 Å². The number of ether oxygens (including phenoxy) is 2. The van der Waals surface area contributed by atoms with Crippen molar-refractivity contribution < 1.29 is 19.1 Å². The normalized spacial score (nSPS) is 14.1. The molecule has 2 aromatic rings. The summed E-state index contributed by atoms with van der Waals surface area (Å²) in [4.78, 5) is 26.9. The van der Waals surface area contributed by atoms with Gasteiger partial charge >= 0.3 is 0 Å². The summed E-state index contributed by atoms with van der Waals surface area (Å²) in [5, 5.41) is 11.9. The number of amides is 2. The van der Waals surface area contributed by atoms with Gasteiger partial charge in [0.1, 0.15) is 0 Å². The van der Waals surface area contributed by atoms with Crippen LogP contribution < -0.4 is 19.7 Å². The van der Waals surface area contributed by atoms with Gasteiger partial charge in [-0.3, -0.25) is 9.59 Å². The number of rotatable bonds is 11. The molecule has 2 aromatic carbocycles. The molecule has 1 aliphatic carbocycles. The molecule has 0 saturated heterocycles. The summed E-state index contributed by atoms with van der Waals surface area (Å²) in [6, 6.07) is 16.7. The molecule has 7 nitrogen and oxygen atoms in total. The third-order valence-corrected chi connectivity index (χ3v) is 6.04. The van der Waals surface area contributed by atoms with Gasteiger partial charge in [-0.2, -0.15) is 5.26 Å². The van der Waals surface area contributed by atoms with E-state index in [1.54, 1.807) is 12.0 Å². The molecule has 7 heteroatoms. The van der Waals surface area contributed by atoms with Gasteiger partial charge in [-0.05, 0) is 62.4 Å². The average molecular weight is 464 g/mol. The highest BCUT2D eigenvalue weighted by molar-refractivity contribution is 5.95. The van der Waals surface area contributed by atoms with Crippen LogP contribution in [0.1, 0.15) is 63.5 Å². The van der Waals surface area contributed by atoms with Crippen molar-refractivity contribution in [3.05, 3.63) is 54.1 Å². The first-order valence-electron chi connectivity index (χ1n) is 11.9. The fourth-order valence-electron chi connectivity index (χ4n) is 4.16. The highest BCUT2D eigenvalue weighted by Crippen LogP contribution is 2.33. The van der Waals surface area contributed by atoms with Gasteiger partial charge in [0.25, 0.3) is 0 Å². The largest absolute Gasteiger partial charge is 0.493 e. The third-order valence-electron chi connectivity index (χ3n) is 6.04. The zero-order valence-corrected chi connectivity index (χ0v) is 20.0. The van der Waals surface area contributed by atoms with Gasteiger partial charge in [0.15, 0.2) is 11.5 Å². The van der Waals surface area contributed by atoms with Crippen molar-refractivity contribution in [3.63, 3.8) is 0 Å². The van der Waals surface area contributed by atoms with Gasteiger partial charge in [0.05, 0.1) is 31.7 Å². The highest BCUT2D eigenvalue weighted by Gasteiger charge is 2.20. The summed E-state index contributed by atoms with van der Waals surface area (Å²) in [6.45, 7) is 2.20. The van der Waals surface area contributed by atoms with Crippen molar-refractivity contribution in [2.45, 2.75) is 64.0 Å². The Labute approximate surface area is 201 Å². The number of benzene rings is 2.